The van der Waals surface area contributed by atoms with E-state index >= 15 is 0 Å². The van der Waals surface area contributed by atoms with E-state index in [1.807, 2.05) is 6.20 Å². The molecule has 1 aromatic heterocycles. The van der Waals surface area contributed by atoms with E-state index in [-0.39, 0.29) is 0 Å². The van der Waals surface area contributed by atoms with Gasteiger partial charge >= 0.3 is 0 Å². The second-order valence-corrected chi connectivity index (χ2v) is 8.00. The van der Waals surface area contributed by atoms with Crippen LogP contribution in [0.2, 0.25) is 0 Å². The lowest BCUT2D eigenvalue weighted by Crippen LogP contribution is -2.36. The Hall–Kier alpha value is -2.89. The quantitative estimate of drug-likeness (QED) is 0.717. The molecule has 2 aliphatic heterocycles. The monoisotopic (exact) mass is 400 g/mol. The number of ether oxygens (including phenoxy) is 1. The molecule has 0 saturated carbocycles. The Morgan fingerprint density at radius 3 is 2.53 bits per heavy atom. The van der Waals surface area contributed by atoms with Gasteiger partial charge in [-0.05, 0) is 29.3 Å². The van der Waals surface area contributed by atoms with E-state index in [0.717, 1.165) is 69.4 Å². The molecule has 1 N–H and O–H groups in total. The Kier molecular flexibility index (Phi) is 5.64. The van der Waals surface area contributed by atoms with Gasteiger partial charge in [-0.2, -0.15) is 0 Å². The molecular formula is C25H28N4O. The summed E-state index contributed by atoms with van der Waals surface area (Å²) in [5.41, 5.74) is 7.27. The SMILES string of the molecule is c1ccc(CN2CCNc3cnc(-c4ccc(N5CCOCC5)cc4)cc3C2)cc1. The summed E-state index contributed by atoms with van der Waals surface area (Å²) in [5.74, 6) is 0. The number of benzene rings is 2. The number of hydrogen-bond acceptors (Lipinski definition) is 5. The molecule has 3 heterocycles. The zero-order chi connectivity index (χ0) is 20.2. The standard InChI is InChI=1S/C25H28N4O/c1-2-4-20(5-3-1)18-28-11-10-26-25-17-27-24(16-22(25)19-28)21-6-8-23(9-7-21)29-12-14-30-15-13-29/h1-9,16-17,26H,10-15,18-19H2. The van der Waals surface area contributed by atoms with Crippen molar-refractivity contribution in [2.75, 3.05) is 49.6 Å². The lowest BCUT2D eigenvalue weighted by atomic mass is 10.1. The van der Waals surface area contributed by atoms with Crippen LogP contribution in [-0.4, -0.2) is 49.3 Å². The summed E-state index contributed by atoms with van der Waals surface area (Å²) in [4.78, 5) is 9.62. The first-order valence-electron chi connectivity index (χ1n) is 10.8. The van der Waals surface area contributed by atoms with E-state index in [2.05, 4.69) is 75.8 Å². The number of fused-ring (bicyclic) bond motifs is 1. The summed E-state index contributed by atoms with van der Waals surface area (Å²) in [6, 6.07) is 21.7. The molecule has 30 heavy (non-hydrogen) atoms. The number of nitrogens with zero attached hydrogens (tertiary/aromatic N) is 3. The lowest BCUT2D eigenvalue weighted by Gasteiger charge is -2.28. The van der Waals surface area contributed by atoms with Gasteiger partial charge in [-0.3, -0.25) is 9.88 Å². The normalized spacial score (nSPS) is 17.1. The third-order valence-electron chi connectivity index (χ3n) is 5.92. The van der Waals surface area contributed by atoms with E-state index in [4.69, 9.17) is 9.72 Å². The predicted molar refractivity (Wildman–Crippen MR) is 122 cm³/mol. The van der Waals surface area contributed by atoms with Gasteiger partial charge in [0.15, 0.2) is 0 Å². The van der Waals surface area contributed by atoms with Crippen LogP contribution in [0.15, 0.2) is 66.9 Å². The van der Waals surface area contributed by atoms with Crippen molar-refractivity contribution in [1.29, 1.82) is 0 Å². The second kappa shape index (κ2) is 8.86. The summed E-state index contributed by atoms with van der Waals surface area (Å²) in [7, 11) is 0. The fraction of sp³-hybridized carbons (Fsp3) is 0.320. The molecule has 5 rings (SSSR count). The molecule has 0 aliphatic carbocycles. The van der Waals surface area contributed by atoms with Gasteiger partial charge in [-0.15, -0.1) is 0 Å². The van der Waals surface area contributed by atoms with Crippen molar-refractivity contribution in [3.8, 4) is 11.3 Å². The Bertz CT molecular complexity index is 968. The molecule has 0 spiro atoms. The summed E-state index contributed by atoms with van der Waals surface area (Å²) >= 11 is 0. The minimum absolute atomic E-state index is 0.806. The molecule has 5 nitrogen and oxygen atoms in total. The summed E-state index contributed by atoms with van der Waals surface area (Å²) in [6.45, 7) is 7.38. The average Bonchev–Trinajstić information content (AvgIpc) is 3.01. The summed E-state index contributed by atoms with van der Waals surface area (Å²) in [5, 5.41) is 3.55. The molecule has 0 atom stereocenters. The highest BCUT2D eigenvalue weighted by Crippen LogP contribution is 2.27. The van der Waals surface area contributed by atoms with Gasteiger partial charge in [-0.1, -0.05) is 42.5 Å². The highest BCUT2D eigenvalue weighted by atomic mass is 16.5. The number of nitrogens with one attached hydrogen (secondary N) is 1. The number of rotatable bonds is 4. The zero-order valence-corrected chi connectivity index (χ0v) is 17.3. The average molecular weight is 401 g/mol. The van der Waals surface area contributed by atoms with E-state index in [1.165, 1.54) is 16.8 Å². The van der Waals surface area contributed by atoms with Gasteiger partial charge in [0.2, 0.25) is 0 Å². The lowest BCUT2D eigenvalue weighted by molar-refractivity contribution is 0.122. The molecule has 0 bridgehead atoms. The molecular weight excluding hydrogens is 372 g/mol. The Morgan fingerprint density at radius 1 is 0.933 bits per heavy atom. The van der Waals surface area contributed by atoms with Gasteiger partial charge in [0, 0.05) is 50.5 Å². The minimum Gasteiger partial charge on any atom is -0.382 e. The molecule has 154 valence electrons. The number of pyridine rings is 1. The zero-order valence-electron chi connectivity index (χ0n) is 17.3. The van der Waals surface area contributed by atoms with E-state index in [9.17, 15) is 0 Å². The molecule has 0 amide bonds. The topological polar surface area (TPSA) is 40.6 Å². The largest absolute Gasteiger partial charge is 0.382 e. The van der Waals surface area contributed by atoms with E-state index < -0.39 is 0 Å². The van der Waals surface area contributed by atoms with Gasteiger partial charge in [-0.25, -0.2) is 0 Å². The molecule has 2 aromatic carbocycles. The van der Waals surface area contributed by atoms with Crippen molar-refractivity contribution in [2.24, 2.45) is 0 Å². The first-order chi connectivity index (χ1) is 14.8. The summed E-state index contributed by atoms with van der Waals surface area (Å²) in [6.07, 6.45) is 1.99. The molecule has 0 radical (unpaired) electrons. The van der Waals surface area contributed by atoms with Gasteiger partial charge < -0.3 is 15.0 Å². The van der Waals surface area contributed by atoms with E-state index in [1.54, 1.807) is 0 Å². The van der Waals surface area contributed by atoms with Crippen LogP contribution in [0.1, 0.15) is 11.1 Å². The Balaban J connectivity index is 1.34. The highest BCUT2D eigenvalue weighted by molar-refractivity contribution is 5.66. The van der Waals surface area contributed by atoms with Gasteiger partial charge in [0.1, 0.15) is 0 Å². The van der Waals surface area contributed by atoms with Crippen molar-refractivity contribution in [2.45, 2.75) is 13.1 Å². The van der Waals surface area contributed by atoms with Crippen molar-refractivity contribution >= 4 is 11.4 Å². The van der Waals surface area contributed by atoms with Crippen molar-refractivity contribution in [1.82, 2.24) is 9.88 Å². The van der Waals surface area contributed by atoms with Gasteiger partial charge in [0.25, 0.3) is 0 Å². The number of morpholine rings is 1. The van der Waals surface area contributed by atoms with Crippen LogP contribution in [0, 0.1) is 0 Å². The first-order valence-corrected chi connectivity index (χ1v) is 10.8. The number of anilines is 2. The van der Waals surface area contributed by atoms with Crippen LogP contribution in [0.3, 0.4) is 0 Å². The Morgan fingerprint density at radius 2 is 1.73 bits per heavy atom. The second-order valence-electron chi connectivity index (χ2n) is 8.00. The number of aromatic nitrogens is 1. The van der Waals surface area contributed by atoms with Crippen LogP contribution < -0.4 is 10.2 Å². The molecule has 1 fully saturated rings. The third-order valence-corrected chi connectivity index (χ3v) is 5.92. The highest BCUT2D eigenvalue weighted by Gasteiger charge is 2.16. The fourth-order valence-electron chi connectivity index (χ4n) is 4.25. The minimum atomic E-state index is 0.806. The van der Waals surface area contributed by atoms with Crippen LogP contribution >= 0.6 is 0 Å². The van der Waals surface area contributed by atoms with E-state index in [0.29, 0.717) is 0 Å². The van der Waals surface area contributed by atoms with Crippen molar-refractivity contribution in [3.05, 3.63) is 78.0 Å². The molecule has 5 heteroatoms. The number of hydrogen-bond donors (Lipinski definition) is 1. The molecule has 0 unspecified atom stereocenters. The molecule has 2 aliphatic rings. The Labute approximate surface area is 178 Å². The van der Waals surface area contributed by atoms with Crippen molar-refractivity contribution in [3.63, 3.8) is 0 Å². The maximum atomic E-state index is 5.46. The van der Waals surface area contributed by atoms with Crippen LogP contribution in [0.4, 0.5) is 11.4 Å². The third kappa shape index (κ3) is 4.32. The maximum absolute atomic E-state index is 5.46. The predicted octanol–water partition coefficient (Wildman–Crippen LogP) is 4.01. The van der Waals surface area contributed by atoms with Crippen LogP contribution in [0.25, 0.3) is 11.3 Å². The molecule has 3 aromatic rings. The van der Waals surface area contributed by atoms with Crippen molar-refractivity contribution < 1.29 is 4.74 Å². The van der Waals surface area contributed by atoms with Gasteiger partial charge in [0.05, 0.1) is 30.8 Å². The summed E-state index contributed by atoms with van der Waals surface area (Å²) < 4.78 is 5.46. The smallest absolute Gasteiger partial charge is 0.0706 e. The fourth-order valence-corrected chi connectivity index (χ4v) is 4.25. The maximum Gasteiger partial charge on any atom is 0.0706 e. The first kappa shape index (κ1) is 19.1. The van der Waals surface area contributed by atoms with Crippen LogP contribution in [0.5, 0.6) is 0 Å². The van der Waals surface area contributed by atoms with Crippen LogP contribution in [-0.2, 0) is 17.8 Å². The molecule has 1 saturated heterocycles.